The monoisotopic (exact) mass is 756 g/mol. The summed E-state index contributed by atoms with van der Waals surface area (Å²) in [7, 11) is -3.57. The summed E-state index contributed by atoms with van der Waals surface area (Å²) in [5.74, 6) is -0.776. The number of nitrogens with zero attached hydrogens (tertiary/aromatic N) is 1. The van der Waals surface area contributed by atoms with Crippen molar-refractivity contribution in [2.75, 3.05) is 36.8 Å². The Hall–Kier alpha value is -4.55. The Morgan fingerprint density at radius 2 is 1.63 bits per heavy atom. The normalized spacial score (nSPS) is 19.4. The van der Waals surface area contributed by atoms with Gasteiger partial charge in [0.1, 0.15) is 11.4 Å². The van der Waals surface area contributed by atoms with E-state index in [0.717, 1.165) is 47.9 Å². The van der Waals surface area contributed by atoms with Crippen molar-refractivity contribution in [1.29, 1.82) is 0 Å². The van der Waals surface area contributed by atoms with Crippen LogP contribution in [0, 0.1) is 24.7 Å². The van der Waals surface area contributed by atoms with Gasteiger partial charge in [-0.2, -0.15) is 4.31 Å². The lowest BCUT2D eigenvalue weighted by Gasteiger charge is -2.29. The molecule has 1 atom stereocenters. The molecule has 1 saturated carbocycles. The summed E-state index contributed by atoms with van der Waals surface area (Å²) in [6, 6.07) is 18.2. The molecule has 0 aromatic heterocycles. The maximum atomic E-state index is 13.9. The van der Waals surface area contributed by atoms with Crippen LogP contribution in [0.1, 0.15) is 87.2 Å². The van der Waals surface area contributed by atoms with Crippen LogP contribution in [0.2, 0.25) is 0 Å². The Labute approximate surface area is 318 Å². The molecule has 0 spiro atoms. The van der Waals surface area contributed by atoms with Crippen LogP contribution in [-0.2, 0) is 30.8 Å². The number of amides is 2. The molecular formula is C42H52N4O7S. The third-order valence-corrected chi connectivity index (χ3v) is 12.6. The van der Waals surface area contributed by atoms with E-state index in [1.54, 1.807) is 34.6 Å². The minimum Gasteiger partial charge on any atom is -0.444 e. The van der Waals surface area contributed by atoms with Crippen molar-refractivity contribution in [3.8, 4) is 11.1 Å². The number of hydrogen-bond donors (Lipinski definition) is 3. The van der Waals surface area contributed by atoms with Crippen molar-refractivity contribution in [2.24, 2.45) is 17.8 Å². The summed E-state index contributed by atoms with van der Waals surface area (Å²) in [6.07, 6.45) is 4.68. The number of hydrogen-bond acceptors (Lipinski definition) is 8. The van der Waals surface area contributed by atoms with Gasteiger partial charge in [-0.3, -0.25) is 14.4 Å². The summed E-state index contributed by atoms with van der Waals surface area (Å²) < 4.78 is 33.5. The van der Waals surface area contributed by atoms with Crippen LogP contribution in [0.4, 0.5) is 16.2 Å². The fourth-order valence-electron chi connectivity index (χ4n) is 7.68. The van der Waals surface area contributed by atoms with E-state index in [4.69, 9.17) is 4.74 Å². The molecule has 3 aromatic carbocycles. The number of benzene rings is 3. The first kappa shape index (κ1) is 39.2. The maximum Gasteiger partial charge on any atom is 0.407 e. The highest BCUT2D eigenvalue weighted by molar-refractivity contribution is 7.89. The first-order chi connectivity index (χ1) is 25.7. The maximum absolute atomic E-state index is 13.9. The Balaban J connectivity index is 1.14. The molecule has 288 valence electrons. The van der Waals surface area contributed by atoms with Crippen LogP contribution < -0.4 is 16.0 Å². The molecular weight excluding hydrogens is 705 g/mol. The number of carbonyl (C=O) groups excluding carboxylic acids is 4. The number of fused-ring (bicyclic) bond motifs is 1. The van der Waals surface area contributed by atoms with Crippen molar-refractivity contribution in [3.05, 3.63) is 77.4 Å². The van der Waals surface area contributed by atoms with Crippen molar-refractivity contribution in [2.45, 2.75) is 89.6 Å². The summed E-state index contributed by atoms with van der Waals surface area (Å²) in [4.78, 5) is 52.2. The van der Waals surface area contributed by atoms with Crippen LogP contribution >= 0.6 is 0 Å². The summed E-state index contributed by atoms with van der Waals surface area (Å²) in [5.41, 5.74) is 4.76. The molecule has 2 amide bonds. The smallest absolute Gasteiger partial charge is 0.407 e. The molecule has 3 aromatic rings. The Morgan fingerprint density at radius 1 is 0.926 bits per heavy atom. The topological polar surface area (TPSA) is 151 Å². The number of anilines is 2. The van der Waals surface area contributed by atoms with Crippen molar-refractivity contribution in [3.63, 3.8) is 0 Å². The Morgan fingerprint density at radius 3 is 2.31 bits per heavy atom. The molecule has 1 saturated heterocycles. The second-order valence-corrected chi connectivity index (χ2v) is 17.9. The third kappa shape index (κ3) is 9.57. The van der Waals surface area contributed by atoms with Crippen molar-refractivity contribution >= 4 is 45.0 Å². The van der Waals surface area contributed by atoms with E-state index in [0.29, 0.717) is 55.8 Å². The van der Waals surface area contributed by atoms with E-state index < -0.39 is 27.6 Å². The highest BCUT2D eigenvalue weighted by Crippen LogP contribution is 2.33. The van der Waals surface area contributed by atoms with E-state index in [-0.39, 0.29) is 47.2 Å². The lowest BCUT2D eigenvalue weighted by Crippen LogP contribution is -2.37. The summed E-state index contributed by atoms with van der Waals surface area (Å²) in [6.45, 7) is 9.21. The van der Waals surface area contributed by atoms with Crippen LogP contribution in [0.25, 0.3) is 11.1 Å². The summed E-state index contributed by atoms with van der Waals surface area (Å²) >= 11 is 0. The molecule has 0 radical (unpaired) electrons. The largest absolute Gasteiger partial charge is 0.444 e. The average molecular weight is 757 g/mol. The van der Waals surface area contributed by atoms with Crippen LogP contribution in [-0.4, -0.2) is 68.1 Å². The fourth-order valence-corrected chi connectivity index (χ4v) is 9.22. The number of sulfonamides is 1. The molecule has 11 nitrogen and oxygen atoms in total. The van der Waals surface area contributed by atoms with Gasteiger partial charge in [-0.05, 0) is 131 Å². The standard InChI is InChI=1S/C42H52N4O7S/c1-27-7-17-34(54(51,52)46-19-5-6-20-46)24-36(27)30-12-8-28(9-13-30)21-32(40(49)45-33-16-18-35-37(23-33)43-26-39(35)48)22-38(47)31-14-10-29(11-15-31)25-44-41(50)53-42(2,3)4/h7-9,12-13,16-18,23-24,29,31-32,43H,5-6,10-11,14-15,19-22,25-26H2,1-4H3,(H,44,50)(H,45,49)/t29?,31?,32-/m1/s1. The number of ether oxygens (including phenoxy) is 1. The SMILES string of the molecule is Cc1ccc(S(=O)(=O)N2CCCC2)cc1-c1ccc(C[C@H](CC(=O)C2CCC(CNC(=O)OC(C)(C)C)CC2)C(=O)Nc2ccc3c(c2)NCC3=O)cc1. The van der Waals surface area contributed by atoms with Gasteiger partial charge >= 0.3 is 6.09 Å². The van der Waals surface area contributed by atoms with Gasteiger partial charge in [0.05, 0.1) is 11.4 Å². The predicted molar refractivity (Wildman–Crippen MR) is 209 cm³/mol. The minimum atomic E-state index is -3.57. The molecule has 3 aliphatic rings. The molecule has 1 aliphatic carbocycles. The minimum absolute atomic E-state index is 0.000255. The second kappa shape index (κ2) is 16.4. The number of rotatable bonds is 12. The second-order valence-electron chi connectivity index (χ2n) is 16.0. The first-order valence-corrected chi connectivity index (χ1v) is 20.5. The molecule has 2 fully saturated rings. The van der Waals surface area contributed by atoms with Gasteiger partial charge in [-0.25, -0.2) is 13.2 Å². The molecule has 12 heteroatoms. The Kier molecular flexibility index (Phi) is 11.9. The van der Waals surface area contributed by atoms with E-state index >= 15 is 0 Å². The van der Waals surface area contributed by atoms with Crippen molar-refractivity contribution < 1.29 is 32.3 Å². The zero-order valence-corrected chi connectivity index (χ0v) is 32.5. The van der Waals surface area contributed by atoms with Gasteiger partial charge in [0.2, 0.25) is 15.9 Å². The van der Waals surface area contributed by atoms with Gasteiger partial charge in [-0.1, -0.05) is 30.3 Å². The van der Waals surface area contributed by atoms with E-state index in [9.17, 15) is 27.6 Å². The molecule has 6 rings (SSSR count). The molecule has 0 bridgehead atoms. The molecule has 0 unspecified atom stereocenters. The number of nitrogens with one attached hydrogen (secondary N) is 3. The zero-order valence-electron chi connectivity index (χ0n) is 31.7. The van der Waals surface area contributed by atoms with Crippen LogP contribution in [0.15, 0.2) is 65.6 Å². The first-order valence-electron chi connectivity index (χ1n) is 19.1. The van der Waals surface area contributed by atoms with Gasteiger partial charge in [0, 0.05) is 54.8 Å². The number of ketones is 2. The van der Waals surface area contributed by atoms with E-state index in [1.807, 2.05) is 58.0 Å². The van der Waals surface area contributed by atoms with Gasteiger partial charge < -0.3 is 20.7 Å². The third-order valence-electron chi connectivity index (χ3n) is 10.7. The zero-order chi connectivity index (χ0) is 38.6. The number of carbonyl (C=O) groups is 4. The predicted octanol–water partition coefficient (Wildman–Crippen LogP) is 7.14. The lowest BCUT2D eigenvalue weighted by molar-refractivity contribution is -0.129. The van der Waals surface area contributed by atoms with Gasteiger partial charge in [0.15, 0.2) is 5.78 Å². The Bertz CT molecular complexity index is 1990. The van der Waals surface area contributed by atoms with Gasteiger partial charge in [0.25, 0.3) is 0 Å². The average Bonchev–Trinajstić information content (AvgIpc) is 3.81. The lowest BCUT2D eigenvalue weighted by atomic mass is 9.77. The van der Waals surface area contributed by atoms with E-state index in [2.05, 4.69) is 16.0 Å². The number of Topliss-reactive ketones (excluding diaryl/α,β-unsaturated/α-hetero) is 2. The quantitative estimate of drug-likeness (QED) is 0.177. The van der Waals surface area contributed by atoms with Gasteiger partial charge in [-0.15, -0.1) is 0 Å². The highest BCUT2D eigenvalue weighted by atomic mass is 32.2. The van der Waals surface area contributed by atoms with Crippen LogP contribution in [0.5, 0.6) is 0 Å². The number of aryl methyl sites for hydroxylation is 1. The van der Waals surface area contributed by atoms with E-state index in [1.165, 1.54) is 0 Å². The van der Waals surface area contributed by atoms with Crippen molar-refractivity contribution in [1.82, 2.24) is 9.62 Å². The molecule has 2 heterocycles. The summed E-state index contributed by atoms with van der Waals surface area (Å²) in [5, 5.41) is 8.92. The molecule has 3 N–H and O–H groups in total. The molecule has 54 heavy (non-hydrogen) atoms. The fraction of sp³-hybridized carbons (Fsp3) is 0.476. The molecule has 2 aliphatic heterocycles. The number of alkyl carbamates (subject to hydrolysis) is 1. The highest BCUT2D eigenvalue weighted by Gasteiger charge is 2.32. The van der Waals surface area contributed by atoms with Crippen LogP contribution in [0.3, 0.4) is 0 Å².